The van der Waals surface area contributed by atoms with Crippen molar-refractivity contribution in [2.45, 2.75) is 45.1 Å². The summed E-state index contributed by atoms with van der Waals surface area (Å²) in [7, 11) is 1.61. The van der Waals surface area contributed by atoms with Gasteiger partial charge in [-0.25, -0.2) is 0 Å². The first-order valence-corrected chi connectivity index (χ1v) is 6.87. The first-order valence-electron chi connectivity index (χ1n) is 6.87. The van der Waals surface area contributed by atoms with Gasteiger partial charge in [0, 0.05) is 33.2 Å². The van der Waals surface area contributed by atoms with Gasteiger partial charge in [-0.2, -0.15) is 0 Å². The molecule has 18 heavy (non-hydrogen) atoms. The summed E-state index contributed by atoms with van der Waals surface area (Å²) in [5, 5.41) is 15.2. The van der Waals surface area contributed by atoms with Crippen LogP contribution in [0.15, 0.2) is 0 Å². The van der Waals surface area contributed by atoms with Crippen LogP contribution < -0.4 is 10.6 Å². The second kappa shape index (κ2) is 12.8. The molecule has 0 aliphatic carbocycles. The SMILES string of the molecule is CCCCCCOCC(O)CNCCC(=O)NC. The van der Waals surface area contributed by atoms with E-state index >= 15 is 0 Å². The Balaban J connectivity index is 3.22. The summed E-state index contributed by atoms with van der Waals surface area (Å²) in [4.78, 5) is 10.9. The summed E-state index contributed by atoms with van der Waals surface area (Å²) in [5.74, 6) is 0.00386. The van der Waals surface area contributed by atoms with Crippen LogP contribution in [-0.4, -0.2) is 50.5 Å². The van der Waals surface area contributed by atoms with Gasteiger partial charge in [-0.15, -0.1) is 0 Å². The van der Waals surface area contributed by atoms with Crippen LogP contribution in [0, 0.1) is 0 Å². The number of rotatable bonds is 12. The molecule has 0 aromatic carbocycles. The van der Waals surface area contributed by atoms with Crippen LogP contribution in [0.5, 0.6) is 0 Å². The number of aliphatic hydroxyl groups is 1. The van der Waals surface area contributed by atoms with Crippen molar-refractivity contribution in [2.24, 2.45) is 0 Å². The van der Waals surface area contributed by atoms with E-state index in [9.17, 15) is 9.90 Å². The Morgan fingerprint density at radius 1 is 1.33 bits per heavy atom. The molecule has 3 N–H and O–H groups in total. The van der Waals surface area contributed by atoms with Crippen LogP contribution in [-0.2, 0) is 9.53 Å². The number of ether oxygens (including phenoxy) is 1. The zero-order valence-electron chi connectivity index (χ0n) is 11.7. The normalized spacial score (nSPS) is 12.4. The van der Waals surface area contributed by atoms with Crippen molar-refractivity contribution in [3.63, 3.8) is 0 Å². The van der Waals surface area contributed by atoms with Gasteiger partial charge in [0.15, 0.2) is 0 Å². The molecular formula is C13H28N2O3. The predicted molar refractivity (Wildman–Crippen MR) is 72.5 cm³/mol. The highest BCUT2D eigenvalue weighted by Gasteiger charge is 2.04. The Hall–Kier alpha value is -0.650. The molecule has 0 fully saturated rings. The smallest absolute Gasteiger partial charge is 0.221 e. The van der Waals surface area contributed by atoms with Gasteiger partial charge in [0.05, 0.1) is 12.7 Å². The van der Waals surface area contributed by atoms with Gasteiger partial charge >= 0.3 is 0 Å². The highest BCUT2D eigenvalue weighted by molar-refractivity contribution is 5.75. The summed E-state index contributed by atoms with van der Waals surface area (Å²) in [5.41, 5.74) is 0. The summed E-state index contributed by atoms with van der Waals surface area (Å²) >= 11 is 0. The Labute approximate surface area is 110 Å². The minimum atomic E-state index is -0.499. The number of hydrogen-bond donors (Lipinski definition) is 3. The van der Waals surface area contributed by atoms with E-state index in [0.717, 1.165) is 13.0 Å². The topological polar surface area (TPSA) is 70.6 Å². The molecule has 0 radical (unpaired) electrons. The minimum absolute atomic E-state index is 0.00386. The van der Waals surface area contributed by atoms with Crippen LogP contribution in [0.2, 0.25) is 0 Å². The number of amides is 1. The largest absolute Gasteiger partial charge is 0.389 e. The Bertz CT molecular complexity index is 201. The first-order chi connectivity index (χ1) is 8.70. The molecule has 0 spiro atoms. The summed E-state index contributed by atoms with van der Waals surface area (Å²) in [6, 6.07) is 0. The van der Waals surface area contributed by atoms with E-state index in [4.69, 9.17) is 4.74 Å². The third-order valence-corrected chi connectivity index (χ3v) is 2.64. The molecule has 0 aliphatic heterocycles. The van der Waals surface area contributed by atoms with E-state index in [1.54, 1.807) is 7.05 Å². The molecule has 1 atom stereocenters. The Kier molecular flexibility index (Phi) is 12.3. The van der Waals surface area contributed by atoms with Gasteiger partial charge in [-0.3, -0.25) is 4.79 Å². The van der Waals surface area contributed by atoms with Gasteiger partial charge < -0.3 is 20.5 Å². The van der Waals surface area contributed by atoms with Gasteiger partial charge in [0.2, 0.25) is 5.91 Å². The number of unbranched alkanes of at least 4 members (excludes halogenated alkanes) is 3. The van der Waals surface area contributed by atoms with Crippen LogP contribution in [0.4, 0.5) is 0 Å². The molecule has 0 aliphatic rings. The molecule has 0 rings (SSSR count). The Morgan fingerprint density at radius 3 is 2.78 bits per heavy atom. The predicted octanol–water partition coefficient (Wildman–Crippen LogP) is 0.670. The molecule has 1 unspecified atom stereocenters. The van der Waals surface area contributed by atoms with E-state index in [1.165, 1.54) is 19.3 Å². The zero-order chi connectivity index (χ0) is 13.6. The standard InChI is InChI=1S/C13H28N2O3/c1-3-4-5-6-9-18-11-12(16)10-15-8-7-13(17)14-2/h12,15-16H,3-11H2,1-2H3,(H,14,17). The lowest BCUT2D eigenvalue weighted by Gasteiger charge is -2.12. The third-order valence-electron chi connectivity index (χ3n) is 2.64. The fourth-order valence-electron chi connectivity index (χ4n) is 1.50. The molecular weight excluding hydrogens is 232 g/mol. The van der Waals surface area contributed by atoms with Crippen molar-refractivity contribution >= 4 is 5.91 Å². The fraction of sp³-hybridized carbons (Fsp3) is 0.923. The molecule has 108 valence electrons. The second-order valence-electron chi connectivity index (χ2n) is 4.42. The first kappa shape index (κ1) is 17.4. The monoisotopic (exact) mass is 260 g/mol. The maximum atomic E-state index is 10.9. The lowest BCUT2D eigenvalue weighted by atomic mass is 10.2. The van der Waals surface area contributed by atoms with Crippen molar-refractivity contribution in [3.8, 4) is 0 Å². The quantitative estimate of drug-likeness (QED) is 0.451. The van der Waals surface area contributed by atoms with E-state index in [0.29, 0.717) is 26.1 Å². The highest BCUT2D eigenvalue weighted by Crippen LogP contribution is 1.99. The molecule has 1 amide bonds. The van der Waals surface area contributed by atoms with E-state index in [2.05, 4.69) is 17.6 Å². The van der Waals surface area contributed by atoms with E-state index in [-0.39, 0.29) is 5.91 Å². The maximum absolute atomic E-state index is 10.9. The summed E-state index contributed by atoms with van der Waals surface area (Å²) < 4.78 is 5.37. The van der Waals surface area contributed by atoms with Gasteiger partial charge in [0.25, 0.3) is 0 Å². The van der Waals surface area contributed by atoms with Crippen molar-refractivity contribution in [1.82, 2.24) is 10.6 Å². The molecule has 0 aromatic rings. The van der Waals surface area contributed by atoms with Crippen LogP contribution in [0.1, 0.15) is 39.0 Å². The summed E-state index contributed by atoms with van der Waals surface area (Å²) in [6.45, 7) is 4.29. The zero-order valence-corrected chi connectivity index (χ0v) is 11.7. The van der Waals surface area contributed by atoms with Gasteiger partial charge in [0.1, 0.15) is 0 Å². The van der Waals surface area contributed by atoms with Crippen molar-refractivity contribution in [2.75, 3.05) is 33.4 Å². The molecule has 0 saturated carbocycles. The highest BCUT2D eigenvalue weighted by atomic mass is 16.5. The molecule has 0 aromatic heterocycles. The number of aliphatic hydroxyl groups excluding tert-OH is 1. The number of nitrogens with one attached hydrogen (secondary N) is 2. The molecule has 0 heterocycles. The fourth-order valence-corrected chi connectivity index (χ4v) is 1.50. The molecule has 0 bridgehead atoms. The third kappa shape index (κ3) is 11.8. The molecule has 0 saturated heterocycles. The number of hydrogen-bond acceptors (Lipinski definition) is 4. The molecule has 5 heteroatoms. The average molecular weight is 260 g/mol. The van der Waals surface area contributed by atoms with E-state index in [1.807, 2.05) is 0 Å². The number of carbonyl (C=O) groups excluding carboxylic acids is 1. The van der Waals surface area contributed by atoms with E-state index < -0.39 is 6.10 Å². The van der Waals surface area contributed by atoms with Crippen LogP contribution >= 0.6 is 0 Å². The van der Waals surface area contributed by atoms with Crippen molar-refractivity contribution < 1.29 is 14.6 Å². The molecule has 5 nitrogen and oxygen atoms in total. The second-order valence-corrected chi connectivity index (χ2v) is 4.42. The Morgan fingerprint density at radius 2 is 2.11 bits per heavy atom. The summed E-state index contributed by atoms with van der Waals surface area (Å²) in [6.07, 6.45) is 4.65. The van der Waals surface area contributed by atoms with Crippen LogP contribution in [0.25, 0.3) is 0 Å². The lowest BCUT2D eigenvalue weighted by molar-refractivity contribution is -0.120. The lowest BCUT2D eigenvalue weighted by Crippen LogP contribution is -2.33. The van der Waals surface area contributed by atoms with Gasteiger partial charge in [-0.1, -0.05) is 26.2 Å². The maximum Gasteiger partial charge on any atom is 0.221 e. The van der Waals surface area contributed by atoms with Crippen molar-refractivity contribution in [3.05, 3.63) is 0 Å². The van der Waals surface area contributed by atoms with Gasteiger partial charge in [-0.05, 0) is 6.42 Å². The number of carbonyl (C=O) groups is 1. The van der Waals surface area contributed by atoms with Crippen molar-refractivity contribution in [1.29, 1.82) is 0 Å². The van der Waals surface area contributed by atoms with Crippen LogP contribution in [0.3, 0.4) is 0 Å². The average Bonchev–Trinajstić information content (AvgIpc) is 2.38. The minimum Gasteiger partial charge on any atom is -0.389 e.